The third-order valence-corrected chi connectivity index (χ3v) is 7.04. The quantitative estimate of drug-likeness (QED) is 0.195. The Hall–Kier alpha value is -1.86. The fourth-order valence-electron chi connectivity index (χ4n) is 3.90. The van der Waals surface area contributed by atoms with Crippen molar-refractivity contribution in [2.75, 3.05) is 0 Å². The zero-order valence-corrected chi connectivity index (χ0v) is 23.8. The van der Waals surface area contributed by atoms with Crippen LogP contribution < -0.4 is 0 Å². The molecule has 34 heavy (non-hydrogen) atoms. The molecular formula is C33H50S. The predicted octanol–water partition coefficient (Wildman–Crippen LogP) is 11.5. The van der Waals surface area contributed by atoms with E-state index in [9.17, 15) is 0 Å². The van der Waals surface area contributed by atoms with Gasteiger partial charge in [0.05, 0.1) is 0 Å². The highest BCUT2D eigenvalue weighted by Gasteiger charge is 1.96. The molecule has 0 unspecified atom stereocenters. The number of rotatable bonds is 17. The van der Waals surface area contributed by atoms with Gasteiger partial charge in [0.2, 0.25) is 0 Å². The smallest absolute Gasteiger partial charge is 0.00611 e. The molecule has 0 nitrogen and oxygen atoms in total. The van der Waals surface area contributed by atoms with Gasteiger partial charge in [-0.3, -0.25) is 0 Å². The van der Waals surface area contributed by atoms with Crippen molar-refractivity contribution in [2.45, 2.75) is 112 Å². The van der Waals surface area contributed by atoms with Crippen LogP contribution in [-0.2, 0) is 6.42 Å². The topological polar surface area (TPSA) is 0 Å². The summed E-state index contributed by atoms with van der Waals surface area (Å²) >= 11 is 1.79. The third kappa shape index (κ3) is 16.7. The first-order valence-corrected chi connectivity index (χ1v) is 14.2. The molecule has 1 rings (SSSR count). The average Bonchev–Trinajstić information content (AvgIpc) is 3.31. The first-order chi connectivity index (χ1) is 16.4. The van der Waals surface area contributed by atoms with Gasteiger partial charge in [-0.1, -0.05) is 70.4 Å². The molecule has 0 bridgehead atoms. The van der Waals surface area contributed by atoms with Gasteiger partial charge in [0, 0.05) is 0 Å². The van der Waals surface area contributed by atoms with Crippen molar-refractivity contribution < 1.29 is 0 Å². The van der Waals surface area contributed by atoms with Crippen LogP contribution in [0.25, 0.3) is 0 Å². The molecule has 0 atom stereocenters. The summed E-state index contributed by atoms with van der Waals surface area (Å²) in [5.74, 6) is 0. The van der Waals surface area contributed by atoms with Crippen LogP contribution in [0.1, 0.15) is 111 Å². The predicted molar refractivity (Wildman–Crippen MR) is 158 cm³/mol. The summed E-state index contributed by atoms with van der Waals surface area (Å²) in [5, 5.41) is 4.43. The van der Waals surface area contributed by atoms with Crippen LogP contribution in [0.3, 0.4) is 0 Å². The lowest BCUT2D eigenvalue weighted by Gasteiger charge is -2.03. The second-order valence-electron chi connectivity index (χ2n) is 9.85. The highest BCUT2D eigenvalue weighted by molar-refractivity contribution is 7.07. The van der Waals surface area contributed by atoms with E-state index in [2.05, 4.69) is 101 Å². The zero-order chi connectivity index (χ0) is 25.0. The molecule has 0 N–H and O–H groups in total. The van der Waals surface area contributed by atoms with Crippen molar-refractivity contribution in [3.63, 3.8) is 0 Å². The van der Waals surface area contributed by atoms with Crippen molar-refractivity contribution >= 4 is 11.3 Å². The summed E-state index contributed by atoms with van der Waals surface area (Å²) in [6.07, 6.45) is 29.3. The van der Waals surface area contributed by atoms with Crippen molar-refractivity contribution in [1.29, 1.82) is 0 Å². The summed E-state index contributed by atoms with van der Waals surface area (Å²) in [6, 6.07) is 2.24. The maximum Gasteiger partial charge on any atom is -0.00611 e. The Morgan fingerprint density at radius 1 is 0.647 bits per heavy atom. The summed E-state index contributed by atoms with van der Waals surface area (Å²) < 4.78 is 0. The van der Waals surface area contributed by atoms with Gasteiger partial charge in [0.15, 0.2) is 0 Å². The van der Waals surface area contributed by atoms with E-state index in [1.807, 2.05) is 0 Å². The number of hydrogen-bond acceptors (Lipinski definition) is 1. The average molecular weight is 479 g/mol. The standard InChI is InChI=1S/C33H50S/c1-7-8-14-28(2)15-9-16-29(3)17-10-18-30(4)19-11-20-31(5)21-12-22-32(6)23-13-24-33-25-26-34-27-33/h7-8,15,17,19,21,23,25-27H,9-14,16,18,20,22,24H2,1-6H3/b8-7+,28-15+,29-17+,30-19+,31-21+,32-23+. The van der Waals surface area contributed by atoms with Crippen LogP contribution in [0, 0.1) is 0 Å². The Bertz CT molecular complexity index is 837. The van der Waals surface area contributed by atoms with Crippen LogP contribution >= 0.6 is 11.3 Å². The maximum atomic E-state index is 2.45. The molecule has 1 aromatic heterocycles. The molecular weight excluding hydrogens is 428 g/mol. The Morgan fingerprint density at radius 3 is 1.50 bits per heavy atom. The second kappa shape index (κ2) is 19.4. The second-order valence-corrected chi connectivity index (χ2v) is 10.6. The van der Waals surface area contributed by atoms with Crippen LogP contribution in [0.5, 0.6) is 0 Å². The first-order valence-electron chi connectivity index (χ1n) is 13.3. The summed E-state index contributed by atoms with van der Waals surface area (Å²) in [4.78, 5) is 0. The molecule has 0 aliphatic heterocycles. The van der Waals surface area contributed by atoms with Crippen molar-refractivity contribution in [2.24, 2.45) is 0 Å². The number of thiophene rings is 1. The highest BCUT2D eigenvalue weighted by Crippen LogP contribution is 2.16. The van der Waals surface area contributed by atoms with Crippen LogP contribution in [-0.4, -0.2) is 0 Å². The Balaban J connectivity index is 2.19. The Morgan fingerprint density at radius 2 is 1.09 bits per heavy atom. The fraction of sp³-hybridized carbons (Fsp3) is 0.515. The number of allylic oxidation sites excluding steroid dienone is 12. The fourth-order valence-corrected chi connectivity index (χ4v) is 4.60. The van der Waals surface area contributed by atoms with E-state index in [0.717, 1.165) is 19.3 Å². The molecule has 188 valence electrons. The molecule has 1 heterocycles. The van der Waals surface area contributed by atoms with E-state index in [1.54, 1.807) is 11.3 Å². The van der Waals surface area contributed by atoms with Gasteiger partial charge in [-0.15, -0.1) is 0 Å². The molecule has 1 aromatic rings. The molecule has 0 fully saturated rings. The summed E-state index contributed by atoms with van der Waals surface area (Å²) in [6.45, 7) is 13.5. The Kier molecular flexibility index (Phi) is 17.3. The largest absolute Gasteiger partial charge is 0.152 e. The van der Waals surface area contributed by atoms with E-state index >= 15 is 0 Å². The van der Waals surface area contributed by atoms with Gasteiger partial charge in [0.1, 0.15) is 0 Å². The minimum Gasteiger partial charge on any atom is -0.152 e. The van der Waals surface area contributed by atoms with Crippen LogP contribution in [0.4, 0.5) is 0 Å². The number of aryl methyl sites for hydroxylation is 1. The van der Waals surface area contributed by atoms with Gasteiger partial charge in [-0.05, 0) is 135 Å². The summed E-state index contributed by atoms with van der Waals surface area (Å²) in [7, 11) is 0. The van der Waals surface area contributed by atoms with Gasteiger partial charge in [-0.2, -0.15) is 11.3 Å². The van der Waals surface area contributed by atoms with Crippen molar-refractivity contribution in [1.82, 2.24) is 0 Å². The van der Waals surface area contributed by atoms with Gasteiger partial charge in [0.25, 0.3) is 0 Å². The zero-order valence-electron chi connectivity index (χ0n) is 23.0. The molecule has 0 aliphatic carbocycles. The molecule has 0 radical (unpaired) electrons. The third-order valence-electron chi connectivity index (χ3n) is 6.31. The Labute approximate surface area is 216 Å². The molecule has 0 spiro atoms. The maximum absolute atomic E-state index is 2.45. The molecule has 0 saturated heterocycles. The molecule has 1 heteroatoms. The van der Waals surface area contributed by atoms with Gasteiger partial charge in [-0.25, -0.2) is 0 Å². The molecule has 0 saturated carbocycles. The van der Waals surface area contributed by atoms with E-state index in [0.29, 0.717) is 0 Å². The lowest BCUT2D eigenvalue weighted by atomic mass is 10.0. The van der Waals surface area contributed by atoms with E-state index in [1.165, 1.54) is 84.8 Å². The minimum atomic E-state index is 1.09. The van der Waals surface area contributed by atoms with Gasteiger partial charge >= 0.3 is 0 Å². The van der Waals surface area contributed by atoms with E-state index in [-0.39, 0.29) is 0 Å². The SMILES string of the molecule is C/C=C/C/C(C)=C/CC/C(C)=C/CC/C(C)=C/CC/C(C)=C/CC/C(C)=C/CCc1ccsc1. The van der Waals surface area contributed by atoms with Crippen molar-refractivity contribution in [3.05, 3.63) is 92.8 Å². The van der Waals surface area contributed by atoms with Crippen LogP contribution in [0.15, 0.2) is 87.2 Å². The van der Waals surface area contributed by atoms with Gasteiger partial charge < -0.3 is 0 Å². The van der Waals surface area contributed by atoms with E-state index in [4.69, 9.17) is 0 Å². The number of hydrogen-bond donors (Lipinski definition) is 0. The van der Waals surface area contributed by atoms with Crippen LogP contribution in [0.2, 0.25) is 0 Å². The monoisotopic (exact) mass is 478 g/mol. The molecule has 0 aliphatic rings. The lowest BCUT2D eigenvalue weighted by Crippen LogP contribution is -1.84. The molecule has 0 aromatic carbocycles. The normalized spacial score (nSPS) is 14.5. The highest BCUT2D eigenvalue weighted by atomic mass is 32.1. The summed E-state index contributed by atoms with van der Waals surface area (Å²) in [5.41, 5.74) is 9.06. The first kappa shape index (κ1) is 30.2. The molecule has 0 amide bonds. The minimum absolute atomic E-state index is 1.09. The lowest BCUT2D eigenvalue weighted by molar-refractivity contribution is 0.887. The van der Waals surface area contributed by atoms with E-state index < -0.39 is 0 Å². The van der Waals surface area contributed by atoms with Crippen molar-refractivity contribution in [3.8, 4) is 0 Å².